The second-order valence-electron chi connectivity index (χ2n) is 9.38. The molecule has 1 aliphatic heterocycles. The topological polar surface area (TPSA) is 46.5 Å². The van der Waals surface area contributed by atoms with E-state index in [-0.39, 0.29) is 10.8 Å². The summed E-state index contributed by atoms with van der Waals surface area (Å²) in [6.45, 7) is 9.92. The first-order chi connectivity index (χ1) is 13.2. The zero-order valence-corrected chi connectivity index (χ0v) is 17.1. The van der Waals surface area contributed by atoms with Gasteiger partial charge in [-0.2, -0.15) is 0 Å². The minimum absolute atomic E-state index is 0.158. The molecule has 0 amide bonds. The molecule has 0 atom stereocenters. The van der Waals surface area contributed by atoms with Crippen molar-refractivity contribution < 1.29 is 14.6 Å². The van der Waals surface area contributed by atoms with Gasteiger partial charge in [0.1, 0.15) is 12.4 Å². The van der Waals surface area contributed by atoms with E-state index in [4.69, 9.17) is 9.84 Å². The Bertz CT molecular complexity index is 962. The average Bonchev–Trinajstić information content (AvgIpc) is 2.65. The summed E-state index contributed by atoms with van der Waals surface area (Å²) in [6, 6.07) is 11.8. The lowest BCUT2D eigenvalue weighted by molar-refractivity contribution is 0.0697. The summed E-state index contributed by atoms with van der Waals surface area (Å²) in [5.41, 5.74) is 7.03. The van der Waals surface area contributed by atoms with Gasteiger partial charge in [-0.3, -0.25) is 0 Å². The van der Waals surface area contributed by atoms with Crippen molar-refractivity contribution in [3.8, 4) is 5.75 Å². The standard InChI is InChI=1S/C25H28O3/c1-24(2)10-11-25(3,4)21-15-22-19(14-20(21)24)18(9-12-28-22)13-16-5-7-17(8-6-16)23(26)27/h5-9,14-15H,10-13H2,1-4H3,(H,26,27). The molecule has 28 heavy (non-hydrogen) atoms. The zero-order valence-electron chi connectivity index (χ0n) is 17.1. The van der Waals surface area contributed by atoms with Crippen LogP contribution in [-0.2, 0) is 17.3 Å². The van der Waals surface area contributed by atoms with Gasteiger partial charge in [0.2, 0.25) is 0 Å². The Morgan fingerprint density at radius 2 is 1.61 bits per heavy atom. The Balaban J connectivity index is 1.73. The average molecular weight is 376 g/mol. The molecule has 3 nitrogen and oxygen atoms in total. The number of hydrogen-bond acceptors (Lipinski definition) is 2. The van der Waals surface area contributed by atoms with E-state index in [1.165, 1.54) is 35.1 Å². The first kappa shape index (κ1) is 18.8. The predicted octanol–water partition coefficient (Wildman–Crippen LogP) is 5.75. The van der Waals surface area contributed by atoms with Gasteiger partial charge in [0.25, 0.3) is 0 Å². The second kappa shape index (κ2) is 6.51. The van der Waals surface area contributed by atoms with Crippen molar-refractivity contribution in [1.82, 2.24) is 0 Å². The molecule has 146 valence electrons. The van der Waals surface area contributed by atoms with Crippen molar-refractivity contribution in [3.05, 3.63) is 70.3 Å². The fourth-order valence-electron chi connectivity index (χ4n) is 4.46. The number of rotatable bonds is 3. The largest absolute Gasteiger partial charge is 0.489 e. The molecule has 0 saturated heterocycles. The quantitative estimate of drug-likeness (QED) is 0.741. The van der Waals surface area contributed by atoms with Crippen LogP contribution >= 0.6 is 0 Å². The fourth-order valence-corrected chi connectivity index (χ4v) is 4.46. The molecular formula is C25H28O3. The Morgan fingerprint density at radius 1 is 1.00 bits per heavy atom. The number of carboxylic acid groups (broad SMARTS) is 1. The normalized spacial score (nSPS) is 19.1. The number of aromatic carboxylic acids is 1. The highest BCUT2D eigenvalue weighted by molar-refractivity contribution is 5.87. The number of hydrogen-bond donors (Lipinski definition) is 1. The number of fused-ring (bicyclic) bond motifs is 2. The van der Waals surface area contributed by atoms with Crippen LogP contribution in [0.25, 0.3) is 5.57 Å². The van der Waals surface area contributed by atoms with Crippen LogP contribution < -0.4 is 4.74 Å². The lowest BCUT2D eigenvalue weighted by Crippen LogP contribution is -2.34. The van der Waals surface area contributed by atoms with Gasteiger partial charge in [-0.25, -0.2) is 4.79 Å². The number of carboxylic acids is 1. The van der Waals surface area contributed by atoms with E-state index < -0.39 is 5.97 Å². The van der Waals surface area contributed by atoms with E-state index >= 15 is 0 Å². The molecule has 2 aromatic rings. The second-order valence-corrected chi connectivity index (χ2v) is 9.38. The maximum atomic E-state index is 11.1. The summed E-state index contributed by atoms with van der Waals surface area (Å²) in [4.78, 5) is 11.1. The minimum atomic E-state index is -0.890. The van der Waals surface area contributed by atoms with E-state index in [1.807, 2.05) is 12.1 Å². The third-order valence-corrected chi connectivity index (χ3v) is 6.46. The van der Waals surface area contributed by atoms with E-state index in [0.717, 1.165) is 17.7 Å². The van der Waals surface area contributed by atoms with Crippen molar-refractivity contribution in [2.75, 3.05) is 6.61 Å². The summed E-state index contributed by atoms with van der Waals surface area (Å²) in [6.07, 6.45) is 5.30. The van der Waals surface area contributed by atoms with E-state index in [0.29, 0.717) is 12.2 Å². The number of ether oxygens (including phenoxy) is 1. The zero-order chi connectivity index (χ0) is 20.1. The van der Waals surface area contributed by atoms with Crippen LogP contribution in [-0.4, -0.2) is 17.7 Å². The van der Waals surface area contributed by atoms with E-state index in [2.05, 4.69) is 45.9 Å². The van der Waals surface area contributed by atoms with Crippen LogP contribution in [0.3, 0.4) is 0 Å². The molecule has 2 aliphatic rings. The van der Waals surface area contributed by atoms with Gasteiger partial charge in [0.15, 0.2) is 0 Å². The predicted molar refractivity (Wildman–Crippen MR) is 112 cm³/mol. The molecule has 0 aromatic heterocycles. The monoisotopic (exact) mass is 376 g/mol. The summed E-state index contributed by atoms with van der Waals surface area (Å²) in [5, 5.41) is 9.10. The first-order valence-electron chi connectivity index (χ1n) is 10.0. The lowest BCUT2D eigenvalue weighted by Gasteiger charge is -2.42. The Hall–Kier alpha value is -2.55. The molecule has 1 N–H and O–H groups in total. The van der Waals surface area contributed by atoms with Crippen LogP contribution in [0.15, 0.2) is 42.5 Å². The molecule has 0 spiro atoms. The highest BCUT2D eigenvalue weighted by atomic mass is 16.5. The van der Waals surface area contributed by atoms with E-state index in [9.17, 15) is 4.79 Å². The van der Waals surface area contributed by atoms with Gasteiger partial charge in [0.05, 0.1) is 5.56 Å². The minimum Gasteiger partial charge on any atom is -0.489 e. The van der Waals surface area contributed by atoms with Crippen molar-refractivity contribution in [2.45, 2.75) is 57.8 Å². The molecule has 3 heteroatoms. The Morgan fingerprint density at radius 3 is 2.21 bits per heavy atom. The highest BCUT2D eigenvalue weighted by Gasteiger charge is 2.38. The van der Waals surface area contributed by atoms with Crippen LogP contribution in [0.4, 0.5) is 0 Å². The fraction of sp³-hybridized carbons (Fsp3) is 0.400. The maximum absolute atomic E-state index is 11.1. The number of benzene rings is 2. The van der Waals surface area contributed by atoms with Crippen LogP contribution in [0, 0.1) is 0 Å². The van der Waals surface area contributed by atoms with E-state index in [1.54, 1.807) is 12.1 Å². The molecule has 0 fully saturated rings. The van der Waals surface area contributed by atoms with Gasteiger partial charge >= 0.3 is 5.97 Å². The van der Waals surface area contributed by atoms with Crippen LogP contribution in [0.5, 0.6) is 5.75 Å². The Labute approximate surface area is 167 Å². The van der Waals surface area contributed by atoms with Crippen molar-refractivity contribution in [2.24, 2.45) is 0 Å². The summed E-state index contributed by atoms with van der Waals surface area (Å²) >= 11 is 0. The molecule has 4 rings (SSSR count). The number of carbonyl (C=O) groups is 1. The van der Waals surface area contributed by atoms with Gasteiger partial charge in [0, 0.05) is 5.56 Å². The molecule has 2 aromatic carbocycles. The van der Waals surface area contributed by atoms with Gasteiger partial charge in [-0.1, -0.05) is 39.8 Å². The molecule has 1 aliphatic carbocycles. The molecule has 0 bridgehead atoms. The molecule has 1 heterocycles. The van der Waals surface area contributed by atoms with Crippen LogP contribution in [0.2, 0.25) is 0 Å². The number of allylic oxidation sites excluding steroid dienone is 1. The summed E-state index contributed by atoms with van der Waals surface area (Å²) < 4.78 is 6.02. The van der Waals surface area contributed by atoms with Gasteiger partial charge in [-0.05, 0) is 82.7 Å². The molecular weight excluding hydrogens is 348 g/mol. The van der Waals surface area contributed by atoms with Gasteiger partial charge in [-0.15, -0.1) is 0 Å². The lowest BCUT2D eigenvalue weighted by atomic mass is 9.62. The van der Waals surface area contributed by atoms with Crippen LogP contribution in [0.1, 0.15) is 73.1 Å². The van der Waals surface area contributed by atoms with Crippen molar-refractivity contribution in [1.29, 1.82) is 0 Å². The van der Waals surface area contributed by atoms with Gasteiger partial charge < -0.3 is 9.84 Å². The smallest absolute Gasteiger partial charge is 0.335 e. The summed E-state index contributed by atoms with van der Waals surface area (Å²) in [7, 11) is 0. The first-order valence-corrected chi connectivity index (χ1v) is 10.0. The van der Waals surface area contributed by atoms with Crippen molar-refractivity contribution >= 4 is 11.5 Å². The third kappa shape index (κ3) is 3.23. The molecule has 0 saturated carbocycles. The molecule has 0 unspecified atom stereocenters. The molecule has 0 radical (unpaired) electrons. The summed E-state index contributed by atoms with van der Waals surface area (Å²) in [5.74, 6) is 0.0860. The highest BCUT2D eigenvalue weighted by Crippen LogP contribution is 2.49. The maximum Gasteiger partial charge on any atom is 0.335 e. The third-order valence-electron chi connectivity index (χ3n) is 6.46. The SMILES string of the molecule is CC1(C)CCC(C)(C)c2cc3c(cc21)OCC=C3Cc1ccc(C(=O)O)cc1. The van der Waals surface area contributed by atoms with Crippen molar-refractivity contribution in [3.63, 3.8) is 0 Å². The Kier molecular flexibility index (Phi) is 4.37.